The molecule has 15 heteroatoms. The molecule has 36 heavy (non-hydrogen) atoms. The lowest BCUT2D eigenvalue weighted by Gasteiger charge is -2.30. The average molecular weight is 543 g/mol. The van der Waals surface area contributed by atoms with Crippen molar-refractivity contribution in [1.29, 1.82) is 0 Å². The summed E-state index contributed by atoms with van der Waals surface area (Å²) in [5.41, 5.74) is -1.63. The highest BCUT2D eigenvalue weighted by Crippen LogP contribution is 2.23. The average Bonchev–Trinajstić information content (AvgIpc) is 2.80. The van der Waals surface area contributed by atoms with Gasteiger partial charge >= 0.3 is 0 Å². The SMILES string of the molecule is CS(=O)(=O)N1CCC(Nc2ncc3cc(C(F)F)c(=O)n(Cc4ccccc4S(N)(=O)=O)c3n2)CC1. The first kappa shape index (κ1) is 26.1. The van der Waals surface area contributed by atoms with Crippen molar-refractivity contribution in [3.05, 3.63) is 58.0 Å². The molecular weight excluding hydrogens is 518 g/mol. The van der Waals surface area contributed by atoms with Crippen LogP contribution in [0.2, 0.25) is 0 Å². The van der Waals surface area contributed by atoms with E-state index in [1.165, 1.54) is 28.7 Å². The normalized spacial score (nSPS) is 16.0. The topological polar surface area (TPSA) is 157 Å². The summed E-state index contributed by atoms with van der Waals surface area (Å²) in [4.78, 5) is 21.3. The van der Waals surface area contributed by atoms with Crippen molar-refractivity contribution in [2.75, 3.05) is 24.7 Å². The van der Waals surface area contributed by atoms with Crippen molar-refractivity contribution in [2.24, 2.45) is 5.14 Å². The number of pyridine rings is 1. The third-order valence-corrected chi connectivity index (χ3v) is 8.27. The van der Waals surface area contributed by atoms with Crippen LogP contribution in [0, 0.1) is 0 Å². The Bertz CT molecular complexity index is 1570. The molecule has 0 unspecified atom stereocenters. The fraction of sp³-hybridized carbons (Fsp3) is 0.381. The number of piperidine rings is 1. The maximum Gasteiger partial charge on any atom is 0.269 e. The van der Waals surface area contributed by atoms with Crippen LogP contribution in [0.25, 0.3) is 11.0 Å². The zero-order valence-corrected chi connectivity index (χ0v) is 20.8. The standard InChI is InChI=1S/C21H24F2N6O5S2/c1-35(31,32)28-8-6-15(7-9-28)26-21-25-11-14-10-16(18(22)23)20(30)29(19(14)27-21)12-13-4-2-3-5-17(13)36(24,33)34/h2-5,10-11,15,18H,6-9,12H2,1H3,(H2,24,33,34)(H,25,26,27). The first-order valence-electron chi connectivity index (χ1n) is 10.9. The minimum Gasteiger partial charge on any atom is -0.351 e. The third-order valence-electron chi connectivity index (χ3n) is 5.95. The second-order valence-corrected chi connectivity index (χ2v) is 12.0. The number of fused-ring (bicyclic) bond motifs is 1. The monoisotopic (exact) mass is 542 g/mol. The Kier molecular flexibility index (Phi) is 7.10. The number of rotatable bonds is 7. The first-order valence-corrected chi connectivity index (χ1v) is 14.2. The van der Waals surface area contributed by atoms with Crippen molar-refractivity contribution >= 4 is 37.0 Å². The van der Waals surface area contributed by atoms with Gasteiger partial charge in [0.05, 0.1) is 23.3 Å². The summed E-state index contributed by atoms with van der Waals surface area (Å²) in [6.07, 6.45) is 0.359. The van der Waals surface area contributed by atoms with Crippen molar-refractivity contribution in [1.82, 2.24) is 18.8 Å². The van der Waals surface area contributed by atoms with Crippen molar-refractivity contribution in [3.8, 4) is 0 Å². The molecule has 0 radical (unpaired) electrons. The van der Waals surface area contributed by atoms with Gasteiger partial charge in [-0.05, 0) is 30.5 Å². The van der Waals surface area contributed by atoms with Gasteiger partial charge in [-0.25, -0.2) is 40.0 Å². The maximum absolute atomic E-state index is 13.6. The number of sulfonamides is 2. The van der Waals surface area contributed by atoms with Gasteiger partial charge in [-0.1, -0.05) is 18.2 Å². The van der Waals surface area contributed by atoms with E-state index in [-0.39, 0.29) is 40.0 Å². The fourth-order valence-electron chi connectivity index (χ4n) is 4.15. The summed E-state index contributed by atoms with van der Waals surface area (Å²) in [5, 5.41) is 8.56. The molecule has 0 saturated carbocycles. The van der Waals surface area contributed by atoms with Gasteiger partial charge in [-0.2, -0.15) is 4.98 Å². The lowest BCUT2D eigenvalue weighted by Crippen LogP contribution is -2.42. The van der Waals surface area contributed by atoms with Gasteiger partial charge in [0, 0.05) is 30.7 Å². The maximum atomic E-state index is 13.6. The number of halogens is 2. The van der Waals surface area contributed by atoms with Crippen LogP contribution in [0.1, 0.15) is 30.4 Å². The van der Waals surface area contributed by atoms with Gasteiger partial charge in [0.25, 0.3) is 12.0 Å². The number of hydrogen-bond donors (Lipinski definition) is 2. The number of alkyl halides is 2. The van der Waals surface area contributed by atoms with E-state index in [0.29, 0.717) is 25.9 Å². The number of aromatic nitrogens is 3. The Hall–Kier alpha value is -3.01. The quantitative estimate of drug-likeness (QED) is 0.452. The molecule has 11 nitrogen and oxygen atoms in total. The Morgan fingerprint density at radius 1 is 1.17 bits per heavy atom. The van der Waals surface area contributed by atoms with Crippen LogP contribution in [-0.4, -0.2) is 61.1 Å². The van der Waals surface area contributed by atoms with Crippen LogP contribution < -0.4 is 16.0 Å². The van der Waals surface area contributed by atoms with Crippen LogP contribution in [0.4, 0.5) is 14.7 Å². The van der Waals surface area contributed by atoms with E-state index in [2.05, 4.69) is 15.3 Å². The Morgan fingerprint density at radius 2 is 1.83 bits per heavy atom. The summed E-state index contributed by atoms with van der Waals surface area (Å²) < 4.78 is 77.1. The highest BCUT2D eigenvalue weighted by molar-refractivity contribution is 7.89. The van der Waals surface area contributed by atoms with Crippen molar-refractivity contribution < 1.29 is 25.6 Å². The van der Waals surface area contributed by atoms with E-state index in [1.54, 1.807) is 6.07 Å². The Labute approximate surface area is 206 Å². The molecule has 1 fully saturated rings. The molecule has 1 aromatic carbocycles. The minimum atomic E-state index is -4.14. The molecule has 0 atom stereocenters. The third kappa shape index (κ3) is 5.53. The minimum absolute atomic E-state index is 0.0275. The second-order valence-electron chi connectivity index (χ2n) is 8.50. The number of anilines is 1. The van der Waals surface area contributed by atoms with Gasteiger partial charge < -0.3 is 5.32 Å². The molecule has 1 aliphatic rings. The predicted octanol–water partition coefficient (Wildman–Crippen LogP) is 1.26. The molecule has 1 aliphatic heterocycles. The highest BCUT2D eigenvalue weighted by Gasteiger charge is 2.26. The highest BCUT2D eigenvalue weighted by atomic mass is 32.2. The van der Waals surface area contributed by atoms with E-state index >= 15 is 0 Å². The molecule has 4 rings (SSSR count). The van der Waals surface area contributed by atoms with Crippen LogP contribution >= 0.6 is 0 Å². The molecule has 0 aliphatic carbocycles. The van der Waals surface area contributed by atoms with Gasteiger partial charge in [0.2, 0.25) is 26.0 Å². The largest absolute Gasteiger partial charge is 0.351 e. The summed E-state index contributed by atoms with van der Waals surface area (Å²) >= 11 is 0. The molecule has 3 N–H and O–H groups in total. The van der Waals surface area contributed by atoms with Gasteiger partial charge in [0.1, 0.15) is 5.65 Å². The molecule has 1 saturated heterocycles. The second kappa shape index (κ2) is 9.80. The van der Waals surface area contributed by atoms with Crippen molar-refractivity contribution in [3.63, 3.8) is 0 Å². The number of primary sulfonamides is 1. The fourth-order valence-corrected chi connectivity index (χ4v) is 5.79. The number of nitrogens with zero attached hydrogens (tertiary/aromatic N) is 4. The summed E-state index contributed by atoms with van der Waals surface area (Å²) in [7, 11) is -7.44. The van der Waals surface area contributed by atoms with Gasteiger partial charge in [-0.3, -0.25) is 9.36 Å². The molecule has 3 aromatic rings. The number of hydrogen-bond acceptors (Lipinski definition) is 8. The zero-order valence-electron chi connectivity index (χ0n) is 19.1. The smallest absolute Gasteiger partial charge is 0.269 e. The Balaban J connectivity index is 1.73. The summed E-state index contributed by atoms with van der Waals surface area (Å²) in [6, 6.07) is 6.56. The van der Waals surface area contributed by atoms with Crippen LogP contribution in [0.15, 0.2) is 46.2 Å². The van der Waals surface area contributed by atoms with E-state index in [0.717, 1.165) is 16.9 Å². The van der Waals surface area contributed by atoms with Gasteiger partial charge in [-0.15, -0.1) is 0 Å². The van der Waals surface area contributed by atoms with E-state index in [9.17, 15) is 30.4 Å². The predicted molar refractivity (Wildman–Crippen MR) is 129 cm³/mol. The first-order chi connectivity index (χ1) is 16.8. The van der Waals surface area contributed by atoms with Gasteiger partial charge in [0.15, 0.2) is 0 Å². The molecule has 2 aromatic heterocycles. The molecule has 3 heterocycles. The summed E-state index contributed by atoms with van der Waals surface area (Å²) in [6.45, 7) is 0.263. The van der Waals surface area contributed by atoms with E-state index in [4.69, 9.17) is 5.14 Å². The molecule has 0 bridgehead atoms. The van der Waals surface area contributed by atoms with E-state index in [1.807, 2.05) is 0 Å². The number of nitrogens with one attached hydrogen (secondary N) is 1. The lowest BCUT2D eigenvalue weighted by molar-refractivity contribution is 0.149. The summed E-state index contributed by atoms with van der Waals surface area (Å²) in [5.74, 6) is 0.123. The molecule has 0 spiro atoms. The van der Waals surface area contributed by atoms with Crippen molar-refractivity contribution in [2.45, 2.75) is 36.7 Å². The van der Waals surface area contributed by atoms with Crippen LogP contribution in [0.3, 0.4) is 0 Å². The van der Waals surface area contributed by atoms with Crippen LogP contribution in [-0.2, 0) is 26.6 Å². The molecule has 194 valence electrons. The van der Waals surface area contributed by atoms with Crippen LogP contribution in [0.5, 0.6) is 0 Å². The number of nitrogens with two attached hydrogens (primary N) is 1. The molecular formula is C21H24F2N6O5S2. The van der Waals surface area contributed by atoms with E-state index < -0.39 is 37.6 Å². The lowest BCUT2D eigenvalue weighted by atomic mass is 10.1. The Morgan fingerprint density at radius 3 is 2.44 bits per heavy atom. The number of benzene rings is 1. The zero-order chi connectivity index (χ0) is 26.3. The molecule has 0 amide bonds.